The fourth-order valence-corrected chi connectivity index (χ4v) is 4.81. The van der Waals surface area contributed by atoms with Crippen molar-refractivity contribution in [1.82, 2.24) is 9.88 Å². The van der Waals surface area contributed by atoms with Crippen LogP contribution in [0.2, 0.25) is 0 Å². The number of nitrogens with zero attached hydrogens (tertiary/aromatic N) is 4. The van der Waals surface area contributed by atoms with Crippen LogP contribution in [0, 0.1) is 18.7 Å². The van der Waals surface area contributed by atoms with E-state index in [-0.39, 0.29) is 17.6 Å². The number of hydrogen-bond acceptors (Lipinski definition) is 5. The minimum absolute atomic E-state index is 0.0814. The summed E-state index contributed by atoms with van der Waals surface area (Å²) in [5.74, 6) is 0.505. The van der Waals surface area contributed by atoms with Crippen molar-refractivity contribution in [3.8, 4) is 0 Å². The first-order chi connectivity index (χ1) is 14.6. The van der Waals surface area contributed by atoms with Gasteiger partial charge in [-0.05, 0) is 49.1 Å². The zero-order valence-corrected chi connectivity index (χ0v) is 17.2. The van der Waals surface area contributed by atoms with Gasteiger partial charge in [0.1, 0.15) is 11.6 Å². The fraction of sp³-hybridized carbons (Fsp3) is 0.435. The number of amides is 1. The topological polar surface area (TPSA) is 60.8 Å². The second kappa shape index (κ2) is 7.80. The molecule has 156 valence electrons. The number of aliphatic imine (C=N–C) groups is 1. The quantitative estimate of drug-likeness (QED) is 0.850. The summed E-state index contributed by atoms with van der Waals surface area (Å²) in [6, 6.07) is 7.54. The van der Waals surface area contributed by atoms with Crippen LogP contribution in [-0.2, 0) is 11.3 Å². The predicted octanol–water partition coefficient (Wildman–Crippen LogP) is 3.00. The number of halogens is 1. The average molecular weight is 407 g/mol. The Morgan fingerprint density at radius 1 is 1.20 bits per heavy atom. The van der Waals surface area contributed by atoms with E-state index in [9.17, 15) is 9.18 Å². The molecule has 0 radical (unpaired) electrons. The van der Waals surface area contributed by atoms with Gasteiger partial charge in [0.2, 0.25) is 5.91 Å². The minimum Gasteiger partial charge on any atom is -0.354 e. The average Bonchev–Trinajstić information content (AvgIpc) is 2.75. The monoisotopic (exact) mass is 407 g/mol. The molecule has 7 heteroatoms. The molecule has 1 aromatic carbocycles. The van der Waals surface area contributed by atoms with Gasteiger partial charge < -0.3 is 10.2 Å². The van der Waals surface area contributed by atoms with Gasteiger partial charge in [0.15, 0.2) is 0 Å². The molecular formula is C23H26FN5O. The van der Waals surface area contributed by atoms with Crippen LogP contribution in [0.3, 0.4) is 0 Å². The maximum atomic E-state index is 13.1. The van der Waals surface area contributed by atoms with Crippen molar-refractivity contribution in [2.75, 3.05) is 42.9 Å². The number of benzene rings is 1. The molecule has 1 aromatic heterocycles. The van der Waals surface area contributed by atoms with E-state index in [4.69, 9.17) is 4.99 Å². The second-order valence-corrected chi connectivity index (χ2v) is 8.38. The van der Waals surface area contributed by atoms with Gasteiger partial charge in [-0.15, -0.1) is 0 Å². The molecule has 3 aliphatic heterocycles. The highest BCUT2D eigenvalue weighted by atomic mass is 19.1. The highest BCUT2D eigenvalue weighted by molar-refractivity contribution is 6.23. The Bertz CT molecular complexity index is 995. The van der Waals surface area contributed by atoms with Gasteiger partial charge in [-0.2, -0.15) is 0 Å². The SMILES string of the molecule is Cc1cc(CN2CCN(c3ccc(F)cn3)CC2)cc2c1C1=NCCCC1C(=O)N2. The Hall–Kier alpha value is -2.80. The summed E-state index contributed by atoms with van der Waals surface area (Å²) in [5.41, 5.74) is 5.39. The number of pyridine rings is 1. The van der Waals surface area contributed by atoms with Gasteiger partial charge in [-0.25, -0.2) is 9.37 Å². The van der Waals surface area contributed by atoms with Crippen LogP contribution in [0.1, 0.15) is 29.5 Å². The van der Waals surface area contributed by atoms with Crippen molar-refractivity contribution in [2.45, 2.75) is 26.3 Å². The van der Waals surface area contributed by atoms with Crippen molar-refractivity contribution in [3.63, 3.8) is 0 Å². The lowest BCUT2D eigenvalue weighted by Crippen LogP contribution is -2.46. The Labute approximate surface area is 175 Å². The summed E-state index contributed by atoms with van der Waals surface area (Å²) in [4.78, 5) is 26.1. The number of rotatable bonds is 3. The predicted molar refractivity (Wildman–Crippen MR) is 116 cm³/mol. The summed E-state index contributed by atoms with van der Waals surface area (Å²) >= 11 is 0. The number of aryl methyl sites for hydroxylation is 1. The molecule has 4 heterocycles. The van der Waals surface area contributed by atoms with Crippen LogP contribution in [0.25, 0.3) is 0 Å². The first-order valence-electron chi connectivity index (χ1n) is 10.7. The molecule has 30 heavy (non-hydrogen) atoms. The Kier molecular flexibility index (Phi) is 4.98. The highest BCUT2D eigenvalue weighted by Gasteiger charge is 2.34. The summed E-state index contributed by atoms with van der Waals surface area (Å²) in [6.45, 7) is 7.31. The molecule has 6 nitrogen and oxygen atoms in total. The number of carbonyl (C=O) groups is 1. The van der Waals surface area contributed by atoms with Gasteiger partial charge in [0.05, 0.1) is 23.5 Å². The van der Waals surface area contributed by atoms with Gasteiger partial charge in [-0.1, -0.05) is 6.07 Å². The normalized spacial score (nSPS) is 21.5. The molecule has 3 aliphatic rings. The molecule has 0 spiro atoms. The van der Waals surface area contributed by atoms with Crippen molar-refractivity contribution < 1.29 is 9.18 Å². The number of hydrogen-bond donors (Lipinski definition) is 1. The maximum absolute atomic E-state index is 13.1. The van der Waals surface area contributed by atoms with E-state index in [1.165, 1.54) is 23.4 Å². The highest BCUT2D eigenvalue weighted by Crippen LogP contribution is 2.34. The third-order valence-corrected chi connectivity index (χ3v) is 6.30. The molecular weight excluding hydrogens is 381 g/mol. The lowest BCUT2D eigenvalue weighted by atomic mass is 9.83. The van der Waals surface area contributed by atoms with Crippen LogP contribution < -0.4 is 10.2 Å². The van der Waals surface area contributed by atoms with Crippen LogP contribution in [0.15, 0.2) is 35.5 Å². The van der Waals surface area contributed by atoms with Crippen molar-refractivity contribution in [2.24, 2.45) is 10.9 Å². The molecule has 1 amide bonds. The smallest absolute Gasteiger partial charge is 0.233 e. The Morgan fingerprint density at radius 2 is 2.03 bits per heavy atom. The van der Waals surface area contributed by atoms with Crippen molar-refractivity contribution in [3.05, 3.63) is 53.0 Å². The molecule has 1 fully saturated rings. The third kappa shape index (κ3) is 3.58. The first kappa shape index (κ1) is 19.2. The number of nitrogens with one attached hydrogen (secondary N) is 1. The van der Waals surface area contributed by atoms with E-state index in [2.05, 4.69) is 39.2 Å². The van der Waals surface area contributed by atoms with Gasteiger partial charge in [-0.3, -0.25) is 14.7 Å². The summed E-state index contributed by atoms with van der Waals surface area (Å²) in [5, 5.41) is 3.13. The molecule has 5 rings (SSSR count). The van der Waals surface area contributed by atoms with E-state index >= 15 is 0 Å². The molecule has 0 aliphatic carbocycles. The molecule has 1 N–H and O–H groups in total. The first-order valence-corrected chi connectivity index (χ1v) is 10.7. The van der Waals surface area contributed by atoms with E-state index in [0.29, 0.717) is 0 Å². The lowest BCUT2D eigenvalue weighted by molar-refractivity contribution is -0.118. The fourth-order valence-electron chi connectivity index (χ4n) is 4.81. The lowest BCUT2D eigenvalue weighted by Gasteiger charge is -2.36. The maximum Gasteiger partial charge on any atom is 0.233 e. The number of piperazine rings is 1. The van der Waals surface area contributed by atoms with E-state index in [0.717, 1.165) is 74.9 Å². The van der Waals surface area contributed by atoms with E-state index < -0.39 is 0 Å². The molecule has 0 bridgehead atoms. The Balaban J connectivity index is 1.29. The minimum atomic E-state index is -0.308. The zero-order valence-electron chi connectivity index (χ0n) is 17.2. The van der Waals surface area contributed by atoms with E-state index in [1.54, 1.807) is 6.07 Å². The number of fused-ring (bicyclic) bond motifs is 3. The number of carbonyl (C=O) groups excluding carboxylic acids is 1. The number of anilines is 2. The summed E-state index contributed by atoms with van der Waals surface area (Å²) in [7, 11) is 0. The van der Waals surface area contributed by atoms with Crippen LogP contribution in [0.5, 0.6) is 0 Å². The molecule has 2 aromatic rings. The van der Waals surface area contributed by atoms with Crippen molar-refractivity contribution in [1.29, 1.82) is 0 Å². The number of aromatic nitrogens is 1. The van der Waals surface area contributed by atoms with Gasteiger partial charge >= 0.3 is 0 Å². The Morgan fingerprint density at radius 3 is 2.80 bits per heavy atom. The second-order valence-electron chi connectivity index (χ2n) is 8.38. The zero-order chi connectivity index (χ0) is 20.7. The molecule has 0 saturated carbocycles. The van der Waals surface area contributed by atoms with Crippen LogP contribution in [-0.4, -0.2) is 54.2 Å². The molecule has 1 unspecified atom stereocenters. The largest absolute Gasteiger partial charge is 0.354 e. The van der Waals surface area contributed by atoms with E-state index in [1.807, 2.05) is 0 Å². The summed E-state index contributed by atoms with van der Waals surface area (Å²) < 4.78 is 13.1. The third-order valence-electron chi connectivity index (χ3n) is 6.30. The van der Waals surface area contributed by atoms with Crippen molar-refractivity contribution >= 4 is 23.1 Å². The standard InChI is InChI=1S/C23H26FN5O/c1-15-11-16(12-19-21(15)22-18(23(30)27-19)3-2-6-25-22)14-28-7-9-29(10-8-28)20-5-4-17(24)13-26-20/h4-5,11-13,18H,2-3,6-10,14H2,1H3,(H,27,30). The molecule has 1 atom stereocenters. The van der Waals surface area contributed by atoms with Crippen LogP contribution in [0.4, 0.5) is 15.9 Å². The summed E-state index contributed by atoms with van der Waals surface area (Å²) in [6.07, 6.45) is 3.14. The van der Waals surface area contributed by atoms with Crippen LogP contribution >= 0.6 is 0 Å². The van der Waals surface area contributed by atoms with Gasteiger partial charge in [0.25, 0.3) is 0 Å². The molecule has 1 saturated heterocycles. The van der Waals surface area contributed by atoms with Gasteiger partial charge in [0, 0.05) is 44.8 Å².